The number of hydrogen-bond donors (Lipinski definition) is 2. The summed E-state index contributed by atoms with van der Waals surface area (Å²) in [5.41, 5.74) is -0.488. The van der Waals surface area contributed by atoms with Crippen molar-refractivity contribution in [3.63, 3.8) is 0 Å². The highest BCUT2D eigenvalue weighted by Gasteiger charge is 2.25. The van der Waals surface area contributed by atoms with E-state index in [1.54, 1.807) is 0 Å². The molecule has 0 heterocycles. The summed E-state index contributed by atoms with van der Waals surface area (Å²) < 4.78 is 0. The molecule has 4 heteroatoms. The van der Waals surface area contributed by atoms with Crippen LogP contribution in [0, 0.1) is 5.41 Å². The second-order valence-electron chi connectivity index (χ2n) is 4.06. The molecule has 0 spiro atoms. The molecule has 0 aliphatic carbocycles. The standard InChI is InChI=1S/C10H20ClNO2/c1-10(2,8-11)9(14)12-6-4-3-5-7-13/h13H,3-8H2,1-2H3,(H,12,14). The van der Waals surface area contributed by atoms with Gasteiger partial charge in [0.2, 0.25) is 5.91 Å². The zero-order valence-corrected chi connectivity index (χ0v) is 9.73. The molecule has 0 aliphatic rings. The summed E-state index contributed by atoms with van der Waals surface area (Å²) in [7, 11) is 0. The Bertz CT molecular complexity index is 172. The van der Waals surface area contributed by atoms with Crippen molar-refractivity contribution in [2.75, 3.05) is 19.0 Å². The molecule has 0 saturated carbocycles. The van der Waals surface area contributed by atoms with Gasteiger partial charge in [0.1, 0.15) is 0 Å². The molecule has 0 aliphatic heterocycles. The Balaban J connectivity index is 3.54. The van der Waals surface area contributed by atoms with Crippen LogP contribution >= 0.6 is 11.6 Å². The summed E-state index contributed by atoms with van der Waals surface area (Å²) in [6.45, 7) is 4.53. The van der Waals surface area contributed by atoms with Gasteiger partial charge in [0.25, 0.3) is 0 Å². The summed E-state index contributed by atoms with van der Waals surface area (Å²) in [5.74, 6) is 0.326. The van der Waals surface area contributed by atoms with E-state index in [2.05, 4.69) is 5.32 Å². The molecule has 0 radical (unpaired) electrons. The third-order valence-corrected chi connectivity index (χ3v) is 2.74. The Morgan fingerprint density at radius 1 is 1.36 bits per heavy atom. The van der Waals surface area contributed by atoms with Gasteiger partial charge in [-0.2, -0.15) is 0 Å². The number of amides is 1. The van der Waals surface area contributed by atoms with E-state index >= 15 is 0 Å². The van der Waals surface area contributed by atoms with Crippen molar-refractivity contribution < 1.29 is 9.90 Å². The predicted molar refractivity (Wildman–Crippen MR) is 58.4 cm³/mol. The van der Waals surface area contributed by atoms with Gasteiger partial charge < -0.3 is 10.4 Å². The van der Waals surface area contributed by atoms with Crippen molar-refractivity contribution in [2.45, 2.75) is 33.1 Å². The maximum Gasteiger partial charge on any atom is 0.226 e. The molecule has 2 N–H and O–H groups in total. The first kappa shape index (κ1) is 13.7. The van der Waals surface area contributed by atoms with Crippen molar-refractivity contribution in [2.24, 2.45) is 5.41 Å². The summed E-state index contributed by atoms with van der Waals surface area (Å²) in [6.07, 6.45) is 2.65. The fourth-order valence-electron chi connectivity index (χ4n) is 0.915. The van der Waals surface area contributed by atoms with Crippen LogP contribution in [0.3, 0.4) is 0 Å². The van der Waals surface area contributed by atoms with Crippen LogP contribution in [0.4, 0.5) is 0 Å². The molecule has 0 saturated heterocycles. The zero-order valence-electron chi connectivity index (χ0n) is 8.98. The average Bonchev–Trinajstić information content (AvgIpc) is 2.17. The minimum Gasteiger partial charge on any atom is -0.396 e. The molecular weight excluding hydrogens is 202 g/mol. The van der Waals surface area contributed by atoms with E-state index in [9.17, 15) is 4.79 Å². The molecular formula is C10H20ClNO2. The SMILES string of the molecule is CC(C)(CCl)C(=O)NCCCCCO. The summed E-state index contributed by atoms with van der Waals surface area (Å²) in [4.78, 5) is 11.5. The van der Waals surface area contributed by atoms with E-state index < -0.39 is 5.41 Å². The minimum atomic E-state index is -0.488. The Morgan fingerprint density at radius 2 is 2.00 bits per heavy atom. The number of aliphatic hydroxyl groups is 1. The Morgan fingerprint density at radius 3 is 2.50 bits per heavy atom. The van der Waals surface area contributed by atoms with E-state index in [-0.39, 0.29) is 12.5 Å². The minimum absolute atomic E-state index is 0.00324. The van der Waals surface area contributed by atoms with Crippen molar-refractivity contribution >= 4 is 17.5 Å². The van der Waals surface area contributed by atoms with Crippen LogP contribution in [-0.2, 0) is 4.79 Å². The molecule has 14 heavy (non-hydrogen) atoms. The first-order valence-electron chi connectivity index (χ1n) is 4.99. The van der Waals surface area contributed by atoms with Crippen LogP contribution in [0.1, 0.15) is 33.1 Å². The molecule has 0 bridgehead atoms. The summed E-state index contributed by atoms with van der Waals surface area (Å²) in [6, 6.07) is 0. The number of halogens is 1. The van der Waals surface area contributed by atoms with Crippen molar-refractivity contribution in [3.8, 4) is 0 Å². The van der Waals surface area contributed by atoms with Gasteiger partial charge in [-0.05, 0) is 33.1 Å². The fraction of sp³-hybridized carbons (Fsp3) is 0.900. The lowest BCUT2D eigenvalue weighted by Crippen LogP contribution is -2.38. The van der Waals surface area contributed by atoms with Crippen LogP contribution in [0.2, 0.25) is 0 Å². The van der Waals surface area contributed by atoms with Gasteiger partial charge in [-0.15, -0.1) is 11.6 Å². The van der Waals surface area contributed by atoms with Gasteiger partial charge >= 0.3 is 0 Å². The zero-order chi connectivity index (χ0) is 11.0. The van der Waals surface area contributed by atoms with Gasteiger partial charge in [0.15, 0.2) is 0 Å². The van der Waals surface area contributed by atoms with Crippen LogP contribution in [0.5, 0.6) is 0 Å². The summed E-state index contributed by atoms with van der Waals surface area (Å²) >= 11 is 5.66. The van der Waals surface area contributed by atoms with Crippen LogP contribution in [0.25, 0.3) is 0 Å². The Hall–Kier alpha value is -0.280. The lowest BCUT2D eigenvalue weighted by molar-refractivity contribution is -0.128. The molecule has 0 atom stereocenters. The number of nitrogens with one attached hydrogen (secondary N) is 1. The van der Waals surface area contributed by atoms with Gasteiger partial charge in [-0.1, -0.05) is 0 Å². The molecule has 0 aromatic heterocycles. The molecule has 3 nitrogen and oxygen atoms in total. The Kier molecular flexibility index (Phi) is 6.93. The number of alkyl halides is 1. The largest absolute Gasteiger partial charge is 0.396 e. The average molecular weight is 222 g/mol. The second-order valence-corrected chi connectivity index (χ2v) is 4.32. The number of rotatable bonds is 7. The third kappa shape index (κ3) is 5.45. The van der Waals surface area contributed by atoms with E-state index in [1.807, 2.05) is 13.8 Å². The number of hydrogen-bond acceptors (Lipinski definition) is 2. The van der Waals surface area contributed by atoms with E-state index in [4.69, 9.17) is 16.7 Å². The third-order valence-electron chi connectivity index (χ3n) is 2.07. The highest BCUT2D eigenvalue weighted by molar-refractivity contribution is 6.19. The van der Waals surface area contributed by atoms with Gasteiger partial charge in [-0.25, -0.2) is 0 Å². The normalized spacial score (nSPS) is 11.4. The fourth-order valence-corrected chi connectivity index (χ4v) is 1.04. The number of aliphatic hydroxyl groups excluding tert-OH is 1. The molecule has 1 amide bonds. The van der Waals surface area contributed by atoms with E-state index in [0.29, 0.717) is 12.4 Å². The van der Waals surface area contributed by atoms with Gasteiger partial charge in [0.05, 0.1) is 5.41 Å². The Labute approximate surface area is 90.8 Å². The highest BCUT2D eigenvalue weighted by atomic mass is 35.5. The van der Waals surface area contributed by atoms with E-state index in [1.165, 1.54) is 0 Å². The monoisotopic (exact) mass is 221 g/mol. The molecule has 0 aromatic carbocycles. The van der Waals surface area contributed by atoms with Gasteiger partial charge in [0, 0.05) is 19.0 Å². The highest BCUT2D eigenvalue weighted by Crippen LogP contribution is 2.16. The predicted octanol–water partition coefficient (Wildman–Crippen LogP) is 1.53. The number of carbonyl (C=O) groups excluding carboxylic acids is 1. The number of unbranched alkanes of at least 4 members (excludes halogenated alkanes) is 2. The van der Waals surface area contributed by atoms with Crippen LogP contribution in [0.15, 0.2) is 0 Å². The number of carbonyl (C=O) groups is 1. The maximum atomic E-state index is 11.5. The van der Waals surface area contributed by atoms with Gasteiger partial charge in [-0.3, -0.25) is 4.79 Å². The first-order chi connectivity index (χ1) is 6.54. The molecule has 0 aromatic rings. The smallest absolute Gasteiger partial charge is 0.226 e. The molecule has 0 rings (SSSR count). The van der Waals surface area contributed by atoms with Crippen molar-refractivity contribution in [1.82, 2.24) is 5.32 Å². The van der Waals surface area contributed by atoms with Crippen molar-refractivity contribution in [3.05, 3.63) is 0 Å². The lowest BCUT2D eigenvalue weighted by atomic mass is 9.95. The van der Waals surface area contributed by atoms with Crippen molar-refractivity contribution in [1.29, 1.82) is 0 Å². The summed E-state index contributed by atoms with van der Waals surface area (Å²) in [5, 5.41) is 11.4. The van der Waals surface area contributed by atoms with E-state index in [0.717, 1.165) is 19.3 Å². The second kappa shape index (κ2) is 7.07. The maximum absolute atomic E-state index is 11.5. The molecule has 0 unspecified atom stereocenters. The first-order valence-corrected chi connectivity index (χ1v) is 5.53. The molecule has 84 valence electrons. The quantitative estimate of drug-likeness (QED) is 0.506. The molecule has 0 fully saturated rings. The van der Waals surface area contributed by atoms with Crippen LogP contribution in [-0.4, -0.2) is 30.0 Å². The lowest BCUT2D eigenvalue weighted by Gasteiger charge is -2.20. The van der Waals surface area contributed by atoms with Crippen LogP contribution < -0.4 is 5.32 Å². The topological polar surface area (TPSA) is 49.3 Å².